The summed E-state index contributed by atoms with van der Waals surface area (Å²) in [7, 11) is 0. The van der Waals surface area contributed by atoms with E-state index in [2.05, 4.69) is 25.8 Å². The van der Waals surface area contributed by atoms with Gasteiger partial charge in [-0.15, -0.1) is 21.8 Å². The topological polar surface area (TPSA) is 74.3 Å². The lowest BCUT2D eigenvalue weighted by atomic mass is 10.3. The fourth-order valence-electron chi connectivity index (χ4n) is 1.70. The molecule has 96 valence electrons. The highest BCUT2D eigenvalue weighted by molar-refractivity contribution is 6.16. The van der Waals surface area contributed by atoms with E-state index in [1.54, 1.807) is 15.6 Å². The molecule has 3 aromatic rings. The SMILES string of the molecule is ClCc1cn(Cc2nnnn2-c2ccccc2)nn1. The van der Waals surface area contributed by atoms with E-state index in [9.17, 15) is 0 Å². The number of halogens is 1. The van der Waals surface area contributed by atoms with E-state index in [-0.39, 0.29) is 0 Å². The molecule has 0 aliphatic carbocycles. The molecule has 1 aromatic carbocycles. The van der Waals surface area contributed by atoms with Gasteiger partial charge in [-0.25, -0.2) is 4.68 Å². The molecule has 3 rings (SSSR count). The van der Waals surface area contributed by atoms with Gasteiger partial charge >= 0.3 is 0 Å². The summed E-state index contributed by atoms with van der Waals surface area (Å²) in [5, 5.41) is 19.6. The highest BCUT2D eigenvalue weighted by Crippen LogP contribution is 2.08. The summed E-state index contributed by atoms with van der Waals surface area (Å²) in [4.78, 5) is 0. The summed E-state index contributed by atoms with van der Waals surface area (Å²) in [5.41, 5.74) is 1.63. The van der Waals surface area contributed by atoms with E-state index in [1.807, 2.05) is 30.3 Å². The second-order valence-electron chi connectivity index (χ2n) is 3.88. The Labute approximate surface area is 113 Å². The second-order valence-corrected chi connectivity index (χ2v) is 4.15. The Balaban J connectivity index is 1.88. The predicted molar refractivity (Wildman–Crippen MR) is 67.8 cm³/mol. The maximum Gasteiger partial charge on any atom is 0.178 e. The first-order valence-electron chi connectivity index (χ1n) is 5.64. The first-order chi connectivity index (χ1) is 9.36. The van der Waals surface area contributed by atoms with Crippen LogP contribution in [-0.4, -0.2) is 35.2 Å². The fourth-order valence-corrected chi connectivity index (χ4v) is 1.82. The molecule has 0 saturated heterocycles. The Morgan fingerprint density at radius 2 is 1.89 bits per heavy atom. The minimum Gasteiger partial charge on any atom is -0.244 e. The summed E-state index contributed by atoms with van der Waals surface area (Å²) in [6, 6.07) is 9.68. The van der Waals surface area contributed by atoms with Gasteiger partial charge in [0.05, 0.1) is 23.5 Å². The van der Waals surface area contributed by atoms with Crippen molar-refractivity contribution in [1.29, 1.82) is 0 Å². The number of aromatic nitrogens is 7. The molecule has 2 heterocycles. The Kier molecular flexibility index (Phi) is 3.20. The summed E-state index contributed by atoms with van der Waals surface area (Å²) in [6.45, 7) is 0.436. The maximum atomic E-state index is 5.69. The molecule has 8 heteroatoms. The summed E-state index contributed by atoms with van der Waals surface area (Å²) < 4.78 is 3.32. The average molecular weight is 276 g/mol. The molecular formula is C11H10ClN7. The maximum absolute atomic E-state index is 5.69. The Morgan fingerprint density at radius 1 is 1.05 bits per heavy atom. The zero-order chi connectivity index (χ0) is 13.1. The molecule has 0 aliphatic heterocycles. The lowest BCUT2D eigenvalue weighted by molar-refractivity contribution is 0.609. The van der Waals surface area contributed by atoms with Crippen LogP contribution in [0.15, 0.2) is 36.5 Å². The lowest BCUT2D eigenvalue weighted by Gasteiger charge is -2.03. The lowest BCUT2D eigenvalue weighted by Crippen LogP contribution is -2.09. The van der Waals surface area contributed by atoms with Gasteiger partial charge in [0.1, 0.15) is 6.54 Å². The van der Waals surface area contributed by atoms with Gasteiger partial charge in [-0.1, -0.05) is 23.4 Å². The zero-order valence-electron chi connectivity index (χ0n) is 9.89. The van der Waals surface area contributed by atoms with E-state index in [1.165, 1.54) is 0 Å². The van der Waals surface area contributed by atoms with Crippen molar-refractivity contribution in [3.8, 4) is 5.69 Å². The van der Waals surface area contributed by atoms with E-state index in [0.717, 1.165) is 11.4 Å². The van der Waals surface area contributed by atoms with Gasteiger partial charge in [0.15, 0.2) is 5.82 Å². The molecule has 0 saturated carbocycles. The number of hydrogen-bond donors (Lipinski definition) is 0. The fraction of sp³-hybridized carbons (Fsp3) is 0.182. The van der Waals surface area contributed by atoms with Gasteiger partial charge < -0.3 is 0 Å². The van der Waals surface area contributed by atoms with Gasteiger partial charge in [-0.05, 0) is 22.6 Å². The molecule has 2 aromatic heterocycles. The van der Waals surface area contributed by atoms with Crippen molar-refractivity contribution in [1.82, 2.24) is 35.2 Å². The molecule has 0 amide bonds. The minimum atomic E-state index is 0.337. The Morgan fingerprint density at radius 3 is 2.63 bits per heavy atom. The van der Waals surface area contributed by atoms with E-state index in [4.69, 9.17) is 11.6 Å². The number of hydrogen-bond acceptors (Lipinski definition) is 5. The van der Waals surface area contributed by atoms with Crippen molar-refractivity contribution in [2.24, 2.45) is 0 Å². The van der Waals surface area contributed by atoms with Gasteiger partial charge in [0.25, 0.3) is 0 Å². The molecule has 0 unspecified atom stereocenters. The molecule has 19 heavy (non-hydrogen) atoms. The molecule has 0 aliphatic rings. The number of nitrogens with zero attached hydrogens (tertiary/aromatic N) is 7. The Bertz CT molecular complexity index is 661. The molecular weight excluding hydrogens is 266 g/mol. The molecule has 7 nitrogen and oxygen atoms in total. The minimum absolute atomic E-state index is 0.337. The van der Waals surface area contributed by atoms with Crippen molar-refractivity contribution < 1.29 is 0 Å². The van der Waals surface area contributed by atoms with Crippen LogP contribution in [0.1, 0.15) is 11.5 Å². The van der Waals surface area contributed by atoms with Gasteiger partial charge in [0.2, 0.25) is 0 Å². The number of para-hydroxylation sites is 1. The second kappa shape index (κ2) is 5.15. The summed E-state index contributed by atoms with van der Waals surface area (Å²) in [5.74, 6) is 1.01. The summed E-state index contributed by atoms with van der Waals surface area (Å²) in [6.07, 6.45) is 1.77. The van der Waals surface area contributed by atoms with Crippen molar-refractivity contribution in [3.63, 3.8) is 0 Å². The molecule has 0 atom stereocenters. The van der Waals surface area contributed by atoms with Gasteiger partial charge in [0, 0.05) is 0 Å². The first kappa shape index (κ1) is 11.8. The largest absolute Gasteiger partial charge is 0.244 e. The average Bonchev–Trinajstić information content (AvgIpc) is 3.09. The molecule has 0 spiro atoms. The van der Waals surface area contributed by atoms with E-state index < -0.39 is 0 Å². The molecule has 0 fully saturated rings. The summed E-state index contributed by atoms with van der Waals surface area (Å²) >= 11 is 5.69. The van der Waals surface area contributed by atoms with Crippen LogP contribution >= 0.6 is 11.6 Å². The van der Waals surface area contributed by atoms with Crippen LogP contribution in [0.5, 0.6) is 0 Å². The van der Waals surface area contributed by atoms with Crippen LogP contribution in [0.25, 0.3) is 5.69 Å². The molecule has 0 radical (unpaired) electrons. The highest BCUT2D eigenvalue weighted by Gasteiger charge is 2.09. The monoisotopic (exact) mass is 275 g/mol. The van der Waals surface area contributed by atoms with Crippen LogP contribution in [0.3, 0.4) is 0 Å². The van der Waals surface area contributed by atoms with Crippen molar-refractivity contribution in [2.75, 3.05) is 0 Å². The van der Waals surface area contributed by atoms with Crippen LogP contribution in [0.4, 0.5) is 0 Å². The van der Waals surface area contributed by atoms with Crippen LogP contribution < -0.4 is 0 Å². The Hall–Kier alpha value is -2.28. The third-order valence-corrected chi connectivity index (χ3v) is 2.84. The van der Waals surface area contributed by atoms with Crippen molar-refractivity contribution in [2.45, 2.75) is 12.4 Å². The quantitative estimate of drug-likeness (QED) is 0.665. The smallest absolute Gasteiger partial charge is 0.178 e. The molecule has 0 bridgehead atoms. The van der Waals surface area contributed by atoms with E-state index in [0.29, 0.717) is 18.2 Å². The standard InChI is InChI=1S/C11H10ClN7/c12-6-9-7-18(16-13-9)8-11-14-15-17-19(11)10-4-2-1-3-5-10/h1-5,7H,6,8H2. The van der Waals surface area contributed by atoms with Crippen LogP contribution in [-0.2, 0) is 12.4 Å². The van der Waals surface area contributed by atoms with Gasteiger partial charge in [-0.3, -0.25) is 0 Å². The predicted octanol–water partition coefficient (Wildman–Crippen LogP) is 1.04. The van der Waals surface area contributed by atoms with Crippen LogP contribution in [0.2, 0.25) is 0 Å². The zero-order valence-corrected chi connectivity index (χ0v) is 10.6. The number of rotatable bonds is 4. The van der Waals surface area contributed by atoms with Crippen molar-refractivity contribution >= 4 is 11.6 Å². The van der Waals surface area contributed by atoms with Crippen molar-refractivity contribution in [3.05, 3.63) is 48.0 Å². The number of tetrazole rings is 1. The highest BCUT2D eigenvalue weighted by atomic mass is 35.5. The third kappa shape index (κ3) is 2.45. The first-order valence-corrected chi connectivity index (χ1v) is 6.18. The molecule has 0 N–H and O–H groups in total. The third-order valence-electron chi connectivity index (χ3n) is 2.56. The number of benzene rings is 1. The van der Waals surface area contributed by atoms with Gasteiger partial charge in [-0.2, -0.15) is 4.68 Å². The normalized spacial score (nSPS) is 10.8. The number of alkyl halides is 1. The van der Waals surface area contributed by atoms with Crippen LogP contribution in [0, 0.1) is 0 Å². The van der Waals surface area contributed by atoms with E-state index >= 15 is 0 Å².